The molecule has 2 heterocycles. The lowest BCUT2D eigenvalue weighted by molar-refractivity contribution is -0.132. The molecule has 1 saturated heterocycles. The van der Waals surface area contributed by atoms with E-state index in [1.54, 1.807) is 57.2 Å². The van der Waals surface area contributed by atoms with Gasteiger partial charge in [-0.3, -0.25) is 14.5 Å². The second-order valence-corrected chi connectivity index (χ2v) is 9.55. The van der Waals surface area contributed by atoms with Crippen LogP contribution in [0.1, 0.15) is 45.0 Å². The highest BCUT2D eigenvalue weighted by molar-refractivity contribution is 7.17. The molecule has 1 N–H and O–H groups in total. The molecule has 204 valence electrons. The van der Waals surface area contributed by atoms with Crippen molar-refractivity contribution in [3.8, 4) is 17.2 Å². The number of rotatable bonds is 8. The van der Waals surface area contributed by atoms with Crippen molar-refractivity contribution >= 4 is 39.9 Å². The van der Waals surface area contributed by atoms with Crippen LogP contribution in [0, 0.1) is 13.8 Å². The molecule has 4 rings (SSSR count). The van der Waals surface area contributed by atoms with Crippen LogP contribution in [0.25, 0.3) is 5.76 Å². The number of benzene rings is 2. The van der Waals surface area contributed by atoms with Gasteiger partial charge in [0.25, 0.3) is 5.78 Å². The zero-order chi connectivity index (χ0) is 28.4. The Hall–Kier alpha value is -4.38. The van der Waals surface area contributed by atoms with Crippen LogP contribution in [-0.2, 0) is 14.3 Å². The van der Waals surface area contributed by atoms with Gasteiger partial charge in [0.15, 0.2) is 16.6 Å². The minimum Gasteiger partial charge on any atom is -0.507 e. The van der Waals surface area contributed by atoms with E-state index in [4.69, 9.17) is 18.9 Å². The van der Waals surface area contributed by atoms with Gasteiger partial charge in [-0.15, -0.1) is 0 Å². The normalized spacial score (nSPS) is 16.4. The molecule has 11 heteroatoms. The Morgan fingerprint density at radius 3 is 2.38 bits per heavy atom. The summed E-state index contributed by atoms with van der Waals surface area (Å²) in [7, 11) is 4.43. The van der Waals surface area contributed by atoms with Crippen LogP contribution < -0.4 is 19.1 Å². The van der Waals surface area contributed by atoms with Crippen LogP contribution in [0.3, 0.4) is 0 Å². The molecule has 1 atom stereocenters. The van der Waals surface area contributed by atoms with Gasteiger partial charge in [0.05, 0.1) is 39.2 Å². The number of ketones is 1. The summed E-state index contributed by atoms with van der Waals surface area (Å²) >= 11 is 0.924. The number of anilines is 1. The topological polar surface area (TPSA) is 124 Å². The van der Waals surface area contributed by atoms with Crippen LogP contribution in [-0.4, -0.2) is 55.7 Å². The number of carbonyl (C=O) groups is 3. The van der Waals surface area contributed by atoms with Crippen LogP contribution >= 0.6 is 11.3 Å². The highest BCUT2D eigenvalue weighted by Crippen LogP contribution is 2.48. The summed E-state index contributed by atoms with van der Waals surface area (Å²) in [6, 6.07) is 8.81. The maximum absolute atomic E-state index is 13.6. The fourth-order valence-corrected chi connectivity index (χ4v) is 5.49. The van der Waals surface area contributed by atoms with Gasteiger partial charge in [0, 0.05) is 11.1 Å². The van der Waals surface area contributed by atoms with Gasteiger partial charge >= 0.3 is 11.9 Å². The molecule has 3 aromatic rings. The lowest BCUT2D eigenvalue weighted by Crippen LogP contribution is -2.29. The van der Waals surface area contributed by atoms with Gasteiger partial charge in [-0.1, -0.05) is 23.5 Å². The second-order valence-electron chi connectivity index (χ2n) is 8.57. The second kappa shape index (κ2) is 11.2. The van der Waals surface area contributed by atoms with Crippen molar-refractivity contribution in [3.63, 3.8) is 0 Å². The number of para-hydroxylation sites is 1. The molecule has 1 amide bonds. The number of Topliss-reactive ketones (excluding diaryl/α,β-unsaturated/α-hetero) is 1. The van der Waals surface area contributed by atoms with E-state index in [-0.39, 0.29) is 33.7 Å². The Balaban J connectivity index is 1.99. The molecule has 10 nitrogen and oxygen atoms in total. The summed E-state index contributed by atoms with van der Waals surface area (Å²) < 4.78 is 21.5. The number of esters is 1. The molecular formula is C28H28N2O8S. The highest BCUT2D eigenvalue weighted by atomic mass is 32.1. The van der Waals surface area contributed by atoms with Gasteiger partial charge in [0.1, 0.15) is 22.4 Å². The van der Waals surface area contributed by atoms with Crippen LogP contribution in [0.4, 0.5) is 5.13 Å². The lowest BCUT2D eigenvalue weighted by atomic mass is 9.94. The molecule has 1 fully saturated rings. The van der Waals surface area contributed by atoms with Crippen molar-refractivity contribution in [3.05, 3.63) is 69.2 Å². The Labute approximate surface area is 229 Å². The van der Waals surface area contributed by atoms with E-state index < -0.39 is 23.7 Å². The number of aliphatic hydroxyl groups is 1. The minimum atomic E-state index is -1.14. The Morgan fingerprint density at radius 2 is 1.77 bits per heavy atom. The lowest BCUT2D eigenvalue weighted by Gasteiger charge is -2.25. The first-order valence-electron chi connectivity index (χ1n) is 12.0. The molecular weight excluding hydrogens is 524 g/mol. The van der Waals surface area contributed by atoms with E-state index in [2.05, 4.69) is 4.98 Å². The molecule has 1 aromatic heterocycles. The number of aromatic nitrogens is 1. The van der Waals surface area contributed by atoms with E-state index in [1.165, 1.54) is 26.2 Å². The SMILES string of the molecule is CCOC(=O)c1sc(N2C(=O)C(=O)/C(=C(/O)c3ccc(OC)c(C)c3)[C@H]2c2cccc(OC)c2OC)nc1C. The first-order chi connectivity index (χ1) is 18.7. The summed E-state index contributed by atoms with van der Waals surface area (Å²) in [5.74, 6) is -1.56. The Bertz CT molecular complexity index is 1490. The number of amides is 1. The smallest absolute Gasteiger partial charge is 0.350 e. The van der Waals surface area contributed by atoms with Gasteiger partial charge in [-0.05, 0) is 50.6 Å². The maximum Gasteiger partial charge on any atom is 0.350 e. The third-order valence-corrected chi connectivity index (χ3v) is 7.43. The Kier molecular flexibility index (Phi) is 7.91. The number of thiazole rings is 1. The largest absolute Gasteiger partial charge is 0.507 e. The van der Waals surface area contributed by atoms with E-state index in [9.17, 15) is 19.5 Å². The van der Waals surface area contributed by atoms with Crippen LogP contribution in [0.2, 0.25) is 0 Å². The molecule has 1 aliphatic rings. The summed E-state index contributed by atoms with van der Waals surface area (Å²) in [5, 5.41) is 11.6. The number of methoxy groups -OCH3 is 3. The average Bonchev–Trinajstić information content (AvgIpc) is 3.44. The van der Waals surface area contributed by atoms with Gasteiger partial charge in [-0.2, -0.15) is 0 Å². The monoisotopic (exact) mass is 552 g/mol. The van der Waals surface area contributed by atoms with Crippen LogP contribution in [0.15, 0.2) is 42.0 Å². The number of hydrogen-bond donors (Lipinski definition) is 1. The number of carbonyl (C=O) groups excluding carboxylic acids is 3. The highest BCUT2D eigenvalue weighted by Gasteiger charge is 2.49. The van der Waals surface area contributed by atoms with Gasteiger partial charge in [0.2, 0.25) is 0 Å². The van der Waals surface area contributed by atoms with Gasteiger partial charge in [-0.25, -0.2) is 9.78 Å². The number of aliphatic hydroxyl groups excluding tert-OH is 1. The predicted molar refractivity (Wildman–Crippen MR) is 145 cm³/mol. The molecule has 0 saturated carbocycles. The van der Waals surface area contributed by atoms with E-state index in [1.807, 2.05) is 0 Å². The zero-order valence-corrected chi connectivity index (χ0v) is 23.2. The standard InChI is InChI=1S/C28H28N2O8S/c1-7-38-27(34)25-15(3)29-28(39-25)30-21(17-9-8-10-19(36-5)24(17)37-6)20(23(32)26(30)33)22(31)16-11-12-18(35-4)14(2)13-16/h8-13,21,31H,7H2,1-6H3/b22-20+/t21-/m1/s1. The first-order valence-corrected chi connectivity index (χ1v) is 12.8. The molecule has 0 aliphatic carbocycles. The number of hydrogen-bond acceptors (Lipinski definition) is 10. The maximum atomic E-state index is 13.6. The van der Waals surface area contributed by atoms with Crippen molar-refractivity contribution in [2.45, 2.75) is 26.8 Å². The third kappa shape index (κ3) is 4.81. The summed E-state index contributed by atoms with van der Waals surface area (Å²) in [6.07, 6.45) is 0. The molecule has 1 aliphatic heterocycles. The van der Waals surface area contributed by atoms with E-state index >= 15 is 0 Å². The van der Waals surface area contributed by atoms with Crippen molar-refractivity contribution in [2.24, 2.45) is 0 Å². The first kappa shape index (κ1) is 27.6. The fourth-order valence-electron chi connectivity index (χ4n) is 4.50. The van der Waals surface area contributed by atoms with Gasteiger partial charge < -0.3 is 24.1 Å². The molecule has 0 spiro atoms. The summed E-state index contributed by atoms with van der Waals surface area (Å²) in [5.41, 5.74) is 1.61. The number of ether oxygens (including phenoxy) is 4. The minimum absolute atomic E-state index is 0.0949. The van der Waals surface area contributed by atoms with E-state index in [0.717, 1.165) is 16.9 Å². The number of aryl methyl sites for hydroxylation is 2. The Morgan fingerprint density at radius 1 is 1.05 bits per heavy atom. The number of nitrogens with zero attached hydrogens (tertiary/aromatic N) is 2. The molecule has 0 unspecified atom stereocenters. The van der Waals surface area contributed by atoms with E-state index in [0.29, 0.717) is 28.3 Å². The quantitative estimate of drug-likeness (QED) is 0.185. The fraction of sp³-hybridized carbons (Fsp3) is 0.286. The molecule has 39 heavy (non-hydrogen) atoms. The van der Waals surface area contributed by atoms with Crippen molar-refractivity contribution in [1.82, 2.24) is 4.98 Å². The molecule has 0 radical (unpaired) electrons. The third-order valence-electron chi connectivity index (χ3n) is 6.29. The predicted octanol–water partition coefficient (Wildman–Crippen LogP) is 4.59. The van der Waals surface area contributed by atoms with Crippen molar-refractivity contribution < 1.29 is 38.4 Å². The molecule has 0 bridgehead atoms. The average molecular weight is 553 g/mol. The van der Waals surface area contributed by atoms with Crippen LogP contribution in [0.5, 0.6) is 17.2 Å². The molecule has 2 aromatic carbocycles. The summed E-state index contributed by atoms with van der Waals surface area (Å²) in [6.45, 7) is 5.26. The summed E-state index contributed by atoms with van der Waals surface area (Å²) in [4.78, 5) is 45.4. The zero-order valence-electron chi connectivity index (χ0n) is 22.4. The van der Waals surface area contributed by atoms with Crippen molar-refractivity contribution in [2.75, 3.05) is 32.8 Å². The van der Waals surface area contributed by atoms with Crippen molar-refractivity contribution in [1.29, 1.82) is 0 Å².